The molecule has 1 N–H and O–H groups in total. The van der Waals surface area contributed by atoms with Crippen LogP contribution in [0.1, 0.15) is 47.2 Å². The Kier molecular flexibility index (Phi) is 4.94. The van der Waals surface area contributed by atoms with Crippen LogP contribution in [0, 0.1) is 20.8 Å². The van der Waals surface area contributed by atoms with Gasteiger partial charge in [0.05, 0.1) is 17.8 Å². The molecule has 2 unspecified atom stereocenters. The van der Waals surface area contributed by atoms with Crippen molar-refractivity contribution in [2.75, 3.05) is 4.90 Å². The minimum atomic E-state index is 0.000749. The summed E-state index contributed by atoms with van der Waals surface area (Å²) in [6.45, 7) is 9.63. The van der Waals surface area contributed by atoms with E-state index in [0.717, 1.165) is 23.0 Å². The third-order valence-electron chi connectivity index (χ3n) is 5.66. The lowest BCUT2D eigenvalue weighted by Crippen LogP contribution is -2.29. The minimum absolute atomic E-state index is 0.000749. The van der Waals surface area contributed by atoms with Gasteiger partial charge < -0.3 is 14.8 Å². The van der Waals surface area contributed by atoms with E-state index in [4.69, 9.17) is 12.2 Å². The minimum Gasteiger partial charge on any atom is -0.351 e. The van der Waals surface area contributed by atoms with E-state index in [1.54, 1.807) is 0 Å². The van der Waals surface area contributed by atoms with Gasteiger partial charge in [-0.05, 0) is 75.8 Å². The smallest absolute Gasteiger partial charge is 0.174 e. The van der Waals surface area contributed by atoms with Crippen molar-refractivity contribution in [2.45, 2.75) is 46.3 Å². The molecule has 1 saturated heterocycles. The lowest BCUT2D eigenvalue weighted by Gasteiger charge is -2.28. The molecule has 4 rings (SSSR count). The van der Waals surface area contributed by atoms with E-state index in [2.05, 4.69) is 83.9 Å². The van der Waals surface area contributed by atoms with Gasteiger partial charge in [-0.1, -0.05) is 23.8 Å². The Balaban J connectivity index is 1.88. The highest BCUT2D eigenvalue weighted by Crippen LogP contribution is 2.43. The maximum atomic E-state index is 5.80. The molecule has 0 bridgehead atoms. The molecule has 1 aromatic carbocycles. The van der Waals surface area contributed by atoms with E-state index in [-0.39, 0.29) is 12.1 Å². The second-order valence-corrected chi connectivity index (χ2v) is 7.79. The summed E-state index contributed by atoms with van der Waals surface area (Å²) in [4.78, 5) is 6.88. The third kappa shape index (κ3) is 3.10. The average molecular weight is 391 g/mol. The second-order valence-electron chi connectivity index (χ2n) is 7.40. The molecule has 2 aromatic heterocycles. The Morgan fingerprint density at radius 1 is 1.07 bits per heavy atom. The molecule has 28 heavy (non-hydrogen) atoms. The van der Waals surface area contributed by atoms with Gasteiger partial charge in [-0.25, -0.2) is 0 Å². The number of nitrogens with one attached hydrogen (secondary N) is 1. The summed E-state index contributed by atoms with van der Waals surface area (Å²) < 4.78 is 2.36. The molecule has 0 saturated carbocycles. The van der Waals surface area contributed by atoms with Gasteiger partial charge in [0.25, 0.3) is 0 Å². The summed E-state index contributed by atoms with van der Waals surface area (Å²) in [5.74, 6) is 0. The Morgan fingerprint density at radius 2 is 1.82 bits per heavy atom. The molecule has 1 aliphatic heterocycles. The van der Waals surface area contributed by atoms with Gasteiger partial charge in [-0.2, -0.15) is 0 Å². The highest BCUT2D eigenvalue weighted by Gasteiger charge is 2.42. The molecule has 2 atom stereocenters. The Bertz CT molecular complexity index is 991. The average Bonchev–Trinajstić information content (AvgIpc) is 3.18. The number of pyridine rings is 1. The fourth-order valence-electron chi connectivity index (χ4n) is 4.27. The van der Waals surface area contributed by atoms with Crippen LogP contribution < -0.4 is 10.2 Å². The molecule has 5 heteroatoms. The van der Waals surface area contributed by atoms with Crippen molar-refractivity contribution in [3.63, 3.8) is 0 Å². The van der Waals surface area contributed by atoms with Gasteiger partial charge in [0.2, 0.25) is 0 Å². The molecule has 3 aromatic rings. The number of anilines is 1. The number of hydrogen-bond acceptors (Lipinski definition) is 2. The Hall–Kier alpha value is -2.66. The highest BCUT2D eigenvalue weighted by atomic mass is 32.1. The zero-order chi connectivity index (χ0) is 19.8. The summed E-state index contributed by atoms with van der Waals surface area (Å²) >= 11 is 5.80. The quantitative estimate of drug-likeness (QED) is 0.635. The number of hydrogen-bond donors (Lipinski definition) is 1. The van der Waals surface area contributed by atoms with Crippen molar-refractivity contribution in [1.29, 1.82) is 0 Å². The SMILES string of the molecule is CCn1c(C)cc(C2C(c3ccccn3)NC(=S)N2c2ccc(C)cc2)c1C. The number of nitrogens with zero attached hydrogens (tertiary/aromatic N) is 3. The largest absolute Gasteiger partial charge is 0.351 e. The molecule has 0 aliphatic carbocycles. The van der Waals surface area contributed by atoms with Gasteiger partial charge in [0.15, 0.2) is 5.11 Å². The van der Waals surface area contributed by atoms with E-state index in [1.807, 2.05) is 18.3 Å². The van der Waals surface area contributed by atoms with Crippen LogP contribution in [0.3, 0.4) is 0 Å². The second kappa shape index (κ2) is 7.40. The number of aryl methyl sites for hydroxylation is 2. The van der Waals surface area contributed by atoms with Crippen LogP contribution in [0.5, 0.6) is 0 Å². The number of thiocarbonyl (C=S) groups is 1. The number of rotatable bonds is 4. The molecular formula is C23H26N4S. The summed E-state index contributed by atoms with van der Waals surface area (Å²) in [6.07, 6.45) is 1.85. The first-order valence-corrected chi connectivity index (χ1v) is 10.2. The van der Waals surface area contributed by atoms with Crippen LogP contribution in [0.2, 0.25) is 0 Å². The van der Waals surface area contributed by atoms with E-state index >= 15 is 0 Å². The van der Waals surface area contributed by atoms with Crippen LogP contribution in [0.4, 0.5) is 5.69 Å². The predicted molar refractivity (Wildman–Crippen MR) is 119 cm³/mol. The molecule has 0 radical (unpaired) electrons. The van der Waals surface area contributed by atoms with Crippen molar-refractivity contribution in [3.8, 4) is 0 Å². The first-order valence-electron chi connectivity index (χ1n) is 9.75. The molecular weight excluding hydrogens is 364 g/mol. The summed E-state index contributed by atoms with van der Waals surface area (Å²) in [5, 5.41) is 4.28. The number of aromatic nitrogens is 2. The van der Waals surface area contributed by atoms with E-state index in [1.165, 1.54) is 22.5 Å². The van der Waals surface area contributed by atoms with Crippen LogP contribution in [-0.2, 0) is 6.54 Å². The fraction of sp³-hybridized carbons (Fsp3) is 0.304. The van der Waals surface area contributed by atoms with Gasteiger partial charge in [0, 0.05) is 29.8 Å². The first-order chi connectivity index (χ1) is 13.5. The summed E-state index contributed by atoms with van der Waals surface area (Å²) in [7, 11) is 0. The molecule has 4 nitrogen and oxygen atoms in total. The zero-order valence-electron chi connectivity index (χ0n) is 16.8. The topological polar surface area (TPSA) is 33.1 Å². The van der Waals surface area contributed by atoms with Crippen molar-refractivity contribution >= 4 is 23.0 Å². The van der Waals surface area contributed by atoms with Crippen LogP contribution in [-0.4, -0.2) is 14.7 Å². The lowest BCUT2D eigenvalue weighted by molar-refractivity contribution is 0.563. The normalized spacial score (nSPS) is 19.1. The molecule has 0 spiro atoms. The first kappa shape index (κ1) is 18.7. The van der Waals surface area contributed by atoms with Crippen molar-refractivity contribution < 1.29 is 0 Å². The monoisotopic (exact) mass is 390 g/mol. The van der Waals surface area contributed by atoms with Gasteiger partial charge in [-0.15, -0.1) is 0 Å². The molecule has 144 valence electrons. The molecule has 1 aliphatic rings. The van der Waals surface area contributed by atoms with Gasteiger partial charge in [-0.3, -0.25) is 4.98 Å². The summed E-state index contributed by atoms with van der Waals surface area (Å²) in [5.41, 5.74) is 7.20. The maximum absolute atomic E-state index is 5.80. The number of benzene rings is 1. The predicted octanol–water partition coefficient (Wildman–Crippen LogP) is 5.01. The van der Waals surface area contributed by atoms with Crippen LogP contribution in [0.25, 0.3) is 0 Å². The standard InChI is InChI=1S/C23H26N4S/c1-5-26-16(3)14-19(17(26)4)22-21(20-8-6-7-13-24-20)25-23(28)27(22)18-11-9-15(2)10-12-18/h6-14,21-22H,5H2,1-4H3,(H,25,28). The van der Waals surface area contributed by atoms with E-state index < -0.39 is 0 Å². The van der Waals surface area contributed by atoms with Crippen molar-refractivity contribution in [3.05, 3.63) is 82.9 Å². The molecule has 3 heterocycles. The fourth-order valence-corrected chi connectivity index (χ4v) is 4.61. The Labute approximate surface area is 172 Å². The maximum Gasteiger partial charge on any atom is 0.174 e. The highest BCUT2D eigenvalue weighted by molar-refractivity contribution is 7.80. The van der Waals surface area contributed by atoms with Gasteiger partial charge in [0.1, 0.15) is 0 Å². The molecule has 0 amide bonds. The molecule has 1 fully saturated rings. The lowest BCUT2D eigenvalue weighted by atomic mass is 9.96. The van der Waals surface area contributed by atoms with E-state index in [0.29, 0.717) is 0 Å². The Morgan fingerprint density at radius 3 is 2.43 bits per heavy atom. The van der Waals surface area contributed by atoms with E-state index in [9.17, 15) is 0 Å². The zero-order valence-corrected chi connectivity index (χ0v) is 17.6. The van der Waals surface area contributed by atoms with Gasteiger partial charge >= 0.3 is 0 Å². The third-order valence-corrected chi connectivity index (χ3v) is 5.97. The summed E-state index contributed by atoms with van der Waals surface area (Å²) in [6, 6.07) is 17.0. The van der Waals surface area contributed by atoms with Crippen LogP contribution in [0.15, 0.2) is 54.7 Å². The van der Waals surface area contributed by atoms with Crippen molar-refractivity contribution in [2.24, 2.45) is 0 Å². The van der Waals surface area contributed by atoms with Crippen molar-refractivity contribution in [1.82, 2.24) is 14.9 Å². The van der Waals surface area contributed by atoms with Crippen LogP contribution >= 0.6 is 12.2 Å².